The highest BCUT2D eigenvalue weighted by Gasteiger charge is 2.41. The Hall–Kier alpha value is -2.56. The third-order valence-corrected chi connectivity index (χ3v) is 18.2. The van der Waals surface area contributed by atoms with E-state index >= 15 is 0 Å². The van der Waals surface area contributed by atoms with Crippen LogP contribution in [0.3, 0.4) is 0 Å². The molecule has 2 atom stereocenters. The number of hydrazine groups is 1. The van der Waals surface area contributed by atoms with Gasteiger partial charge in [0.1, 0.15) is 11.8 Å². The molecule has 0 heterocycles. The van der Waals surface area contributed by atoms with Crippen molar-refractivity contribution in [3.63, 3.8) is 0 Å². The van der Waals surface area contributed by atoms with Crippen molar-refractivity contribution in [2.45, 2.75) is 104 Å². The lowest BCUT2D eigenvalue weighted by Gasteiger charge is -2.40. The second kappa shape index (κ2) is 13.6. The van der Waals surface area contributed by atoms with Gasteiger partial charge in [-0.15, -0.1) is 0 Å². The Bertz CT molecular complexity index is 1400. The molecule has 43 heavy (non-hydrogen) atoms. The first-order valence-electron chi connectivity index (χ1n) is 14.2. The summed E-state index contributed by atoms with van der Waals surface area (Å²) in [6.45, 7) is 32.1. The Kier molecular flexibility index (Phi) is 11.6. The van der Waals surface area contributed by atoms with E-state index in [1.807, 2.05) is 6.92 Å². The standard InChI is InChI=1S/C31H46Cl2N4O4Si2/c1-19-23(15-16-24(34-9)26(19)33)35-27(20(2)40-42(10,11)30(3,4)5)29(39)37-36-28(38)21-14-17-25(22(32)18-21)41-43(12,13)31(6,7)8/h14-18,20,27,35H,1-8,10-13H3,(H,36,38)(H,37,39)/t20-,27+/m0/s1. The summed E-state index contributed by atoms with van der Waals surface area (Å²) in [6, 6.07) is 7.23. The largest absolute Gasteiger partial charge is 0.543 e. The van der Waals surface area contributed by atoms with Gasteiger partial charge in [0, 0.05) is 11.3 Å². The fourth-order valence-corrected chi connectivity index (χ4v) is 6.55. The predicted octanol–water partition coefficient (Wildman–Crippen LogP) is 8.89. The van der Waals surface area contributed by atoms with Crippen LogP contribution in [0.1, 0.15) is 64.4 Å². The molecule has 0 saturated heterocycles. The summed E-state index contributed by atoms with van der Waals surface area (Å²) >= 11 is 12.9. The summed E-state index contributed by atoms with van der Waals surface area (Å²) in [5.74, 6) is -0.521. The lowest BCUT2D eigenvalue weighted by atomic mass is 10.1. The Morgan fingerprint density at radius 1 is 0.930 bits per heavy atom. The van der Waals surface area contributed by atoms with Crippen LogP contribution in [0.2, 0.25) is 46.3 Å². The number of carbonyl (C=O) groups is 2. The van der Waals surface area contributed by atoms with Crippen LogP contribution in [0.15, 0.2) is 30.3 Å². The van der Waals surface area contributed by atoms with Crippen molar-refractivity contribution >= 4 is 63.0 Å². The molecule has 0 aromatic heterocycles. The van der Waals surface area contributed by atoms with Crippen molar-refractivity contribution in [1.82, 2.24) is 10.9 Å². The van der Waals surface area contributed by atoms with E-state index in [2.05, 4.69) is 88.7 Å². The zero-order chi connectivity index (χ0) is 33.1. The van der Waals surface area contributed by atoms with E-state index in [1.165, 1.54) is 6.07 Å². The molecule has 2 rings (SSSR count). The van der Waals surface area contributed by atoms with Crippen LogP contribution < -0.4 is 20.6 Å². The molecular formula is C31H46Cl2N4O4Si2. The quantitative estimate of drug-likeness (QED) is 0.141. The molecule has 0 aliphatic heterocycles. The van der Waals surface area contributed by atoms with Gasteiger partial charge in [-0.25, -0.2) is 4.85 Å². The Morgan fingerprint density at radius 2 is 1.51 bits per heavy atom. The number of amides is 2. The van der Waals surface area contributed by atoms with Crippen LogP contribution in [0.25, 0.3) is 4.85 Å². The topological polar surface area (TPSA) is 93.1 Å². The van der Waals surface area contributed by atoms with Crippen molar-refractivity contribution < 1.29 is 18.4 Å². The molecule has 2 amide bonds. The Morgan fingerprint density at radius 3 is 2.02 bits per heavy atom. The molecule has 2 aromatic carbocycles. The molecule has 0 radical (unpaired) electrons. The van der Waals surface area contributed by atoms with Crippen molar-refractivity contribution in [1.29, 1.82) is 0 Å². The Labute approximate surface area is 269 Å². The third kappa shape index (κ3) is 8.99. The minimum absolute atomic E-state index is 0.0183. The first-order valence-corrected chi connectivity index (χ1v) is 20.8. The summed E-state index contributed by atoms with van der Waals surface area (Å²) in [5, 5.41) is 3.75. The highest BCUT2D eigenvalue weighted by molar-refractivity contribution is 6.75. The summed E-state index contributed by atoms with van der Waals surface area (Å²) in [6.07, 6.45) is -0.572. The molecule has 0 aliphatic rings. The van der Waals surface area contributed by atoms with E-state index in [0.29, 0.717) is 32.7 Å². The lowest BCUT2D eigenvalue weighted by Crippen LogP contribution is -2.55. The lowest BCUT2D eigenvalue weighted by molar-refractivity contribution is -0.124. The van der Waals surface area contributed by atoms with E-state index in [-0.39, 0.29) is 15.6 Å². The molecule has 3 N–H and O–H groups in total. The SMILES string of the molecule is [C-]#[N+]c1ccc(N[C@@H](C(=O)NNC(=O)c2ccc(O[Si](C)(C)C(C)(C)C)c(Cl)c2)[C@H](C)O[Si](C)(C)C(C)(C)C)c(C)c1Cl. The van der Waals surface area contributed by atoms with Crippen LogP contribution >= 0.6 is 23.2 Å². The van der Waals surface area contributed by atoms with Crippen LogP contribution in [0.5, 0.6) is 5.75 Å². The predicted molar refractivity (Wildman–Crippen MR) is 182 cm³/mol. The molecule has 0 unspecified atom stereocenters. The van der Waals surface area contributed by atoms with Gasteiger partial charge < -0.3 is 14.2 Å². The minimum Gasteiger partial charge on any atom is -0.543 e. The van der Waals surface area contributed by atoms with Crippen molar-refractivity contribution in [2.24, 2.45) is 0 Å². The molecule has 0 spiro atoms. The van der Waals surface area contributed by atoms with Crippen LogP contribution in [0.4, 0.5) is 11.4 Å². The van der Waals surface area contributed by atoms with Crippen LogP contribution in [-0.4, -0.2) is 40.6 Å². The average Bonchev–Trinajstić information content (AvgIpc) is 2.87. The number of halogens is 2. The second-order valence-electron chi connectivity index (χ2n) is 13.8. The maximum atomic E-state index is 13.6. The zero-order valence-corrected chi connectivity index (χ0v) is 30.9. The first kappa shape index (κ1) is 36.6. The van der Waals surface area contributed by atoms with Crippen LogP contribution in [0, 0.1) is 13.5 Å². The number of rotatable bonds is 9. The zero-order valence-electron chi connectivity index (χ0n) is 27.4. The van der Waals surface area contributed by atoms with Crippen molar-refractivity contribution in [3.8, 4) is 5.75 Å². The number of anilines is 1. The van der Waals surface area contributed by atoms with E-state index in [4.69, 9.17) is 38.6 Å². The number of benzene rings is 2. The molecule has 2 aromatic rings. The van der Waals surface area contributed by atoms with Gasteiger partial charge in [0.25, 0.3) is 20.1 Å². The molecule has 8 nitrogen and oxygen atoms in total. The highest BCUT2D eigenvalue weighted by atomic mass is 35.5. The molecule has 0 fully saturated rings. The van der Waals surface area contributed by atoms with E-state index in [1.54, 1.807) is 31.2 Å². The van der Waals surface area contributed by atoms with Gasteiger partial charge >= 0.3 is 0 Å². The normalized spacial score (nSPS) is 13.9. The molecule has 0 aliphatic carbocycles. The smallest absolute Gasteiger partial charge is 0.269 e. The number of hydrogen-bond donors (Lipinski definition) is 3. The second-order valence-corrected chi connectivity index (χ2v) is 24.1. The minimum atomic E-state index is -2.27. The maximum Gasteiger partial charge on any atom is 0.269 e. The molecule has 236 valence electrons. The summed E-state index contributed by atoms with van der Waals surface area (Å²) in [7, 11) is -4.40. The van der Waals surface area contributed by atoms with E-state index < -0.39 is 40.6 Å². The van der Waals surface area contributed by atoms with Crippen molar-refractivity contribution in [2.75, 3.05) is 5.32 Å². The van der Waals surface area contributed by atoms with Gasteiger partial charge in [-0.3, -0.25) is 20.4 Å². The van der Waals surface area contributed by atoms with Gasteiger partial charge in [0.2, 0.25) is 5.69 Å². The molecule has 0 saturated carbocycles. The number of nitrogens with zero attached hydrogens (tertiary/aromatic N) is 1. The van der Waals surface area contributed by atoms with Gasteiger partial charge in [-0.1, -0.05) is 70.8 Å². The molecular weight excluding hydrogens is 619 g/mol. The van der Waals surface area contributed by atoms with Gasteiger partial charge in [-0.05, 0) is 79.9 Å². The monoisotopic (exact) mass is 664 g/mol. The number of nitrogens with one attached hydrogen (secondary N) is 3. The fourth-order valence-electron chi connectivity index (χ4n) is 3.61. The highest BCUT2D eigenvalue weighted by Crippen LogP contribution is 2.40. The van der Waals surface area contributed by atoms with Crippen molar-refractivity contribution in [3.05, 3.63) is 62.9 Å². The van der Waals surface area contributed by atoms with Gasteiger partial charge in [0.15, 0.2) is 8.32 Å². The summed E-state index contributed by atoms with van der Waals surface area (Å²) < 4.78 is 12.9. The average molecular weight is 666 g/mol. The molecule has 12 heteroatoms. The summed E-state index contributed by atoms with van der Waals surface area (Å²) in [4.78, 5) is 30.0. The fraction of sp³-hybridized carbons (Fsp3) is 0.516. The first-order chi connectivity index (χ1) is 19.5. The number of carbonyl (C=O) groups excluding carboxylic acids is 2. The van der Waals surface area contributed by atoms with Gasteiger partial charge in [-0.2, -0.15) is 0 Å². The van der Waals surface area contributed by atoms with E-state index in [0.717, 1.165) is 0 Å². The molecule has 0 bridgehead atoms. The van der Waals surface area contributed by atoms with E-state index in [9.17, 15) is 9.59 Å². The van der Waals surface area contributed by atoms with Crippen LogP contribution in [-0.2, 0) is 9.22 Å². The Balaban J connectivity index is 2.28. The number of hydrogen-bond acceptors (Lipinski definition) is 5. The summed E-state index contributed by atoms with van der Waals surface area (Å²) in [5.41, 5.74) is 6.84. The maximum absolute atomic E-state index is 13.6. The van der Waals surface area contributed by atoms with Gasteiger partial charge in [0.05, 0.1) is 22.7 Å². The third-order valence-electron chi connectivity index (χ3n) is 8.50.